The molecule has 2 aromatic rings. The van der Waals surface area contributed by atoms with Crippen molar-refractivity contribution in [3.8, 4) is 11.1 Å². The van der Waals surface area contributed by atoms with Crippen molar-refractivity contribution in [1.82, 2.24) is 0 Å². The lowest BCUT2D eigenvalue weighted by Gasteiger charge is -2.27. The first-order valence-electron chi connectivity index (χ1n) is 8.06. The molecule has 1 fully saturated rings. The highest BCUT2D eigenvalue weighted by atomic mass is 35.5. The molecule has 0 aromatic heterocycles. The van der Waals surface area contributed by atoms with Crippen molar-refractivity contribution in [2.75, 3.05) is 13.2 Å². The lowest BCUT2D eigenvalue weighted by Crippen LogP contribution is -2.44. The summed E-state index contributed by atoms with van der Waals surface area (Å²) in [6.07, 6.45) is 2.30. The fourth-order valence-electron chi connectivity index (χ4n) is 2.87. The van der Waals surface area contributed by atoms with E-state index in [1.54, 1.807) is 0 Å². The smallest absolute Gasteiger partial charge is 0.407 e. The van der Waals surface area contributed by atoms with E-state index in [-0.39, 0.29) is 7.12 Å². The summed E-state index contributed by atoms with van der Waals surface area (Å²) >= 11 is 18.2. The third kappa shape index (κ3) is 4.09. The first-order valence-corrected chi connectivity index (χ1v) is 9.20. The molecule has 6 heteroatoms. The Morgan fingerprint density at radius 1 is 0.958 bits per heavy atom. The Morgan fingerprint density at radius 3 is 2.08 bits per heavy atom. The second kappa shape index (κ2) is 8.12. The third-order valence-corrected chi connectivity index (χ3v) is 5.36. The average molecular weight is 384 g/mol. The van der Waals surface area contributed by atoms with Crippen molar-refractivity contribution in [1.29, 1.82) is 0 Å². The molecule has 0 spiro atoms. The zero-order chi connectivity index (χ0) is 17.1. The van der Waals surface area contributed by atoms with Crippen molar-refractivity contribution < 1.29 is 9.31 Å². The van der Waals surface area contributed by atoms with Gasteiger partial charge in [0.2, 0.25) is 0 Å². The predicted molar refractivity (Wildman–Crippen MR) is 103 cm³/mol. The molecule has 3 rings (SSSR count). The minimum absolute atomic E-state index is 0.287. The molecule has 0 aliphatic carbocycles. The lowest BCUT2D eigenvalue weighted by molar-refractivity contribution is 0.0821. The summed E-state index contributed by atoms with van der Waals surface area (Å²) in [6, 6.07) is 11.7. The number of halogens is 3. The van der Waals surface area contributed by atoms with Gasteiger partial charge in [-0.05, 0) is 35.1 Å². The van der Waals surface area contributed by atoms with Crippen LogP contribution in [0.15, 0.2) is 36.4 Å². The number of benzene rings is 2. The molecule has 0 bridgehead atoms. The third-order valence-electron chi connectivity index (χ3n) is 4.16. The van der Waals surface area contributed by atoms with Gasteiger partial charge in [0.1, 0.15) is 0 Å². The first kappa shape index (κ1) is 18.1. The van der Waals surface area contributed by atoms with Gasteiger partial charge in [-0.3, -0.25) is 0 Å². The Balaban J connectivity index is 1.72. The van der Waals surface area contributed by atoms with Gasteiger partial charge >= 0.3 is 7.12 Å². The molecule has 0 unspecified atom stereocenters. The van der Waals surface area contributed by atoms with Crippen LogP contribution in [0, 0.1) is 5.92 Å². The zero-order valence-electron chi connectivity index (χ0n) is 13.4. The maximum Gasteiger partial charge on any atom is 0.493 e. The molecule has 0 radical (unpaired) electrons. The van der Waals surface area contributed by atoms with E-state index in [0.717, 1.165) is 42.6 Å². The second-order valence-electron chi connectivity index (χ2n) is 6.03. The van der Waals surface area contributed by atoms with Crippen LogP contribution in [0.2, 0.25) is 15.1 Å². The number of hydrogen-bond acceptors (Lipinski definition) is 2. The van der Waals surface area contributed by atoms with Crippen LogP contribution in [0.25, 0.3) is 11.1 Å². The Hall–Kier alpha value is -0.705. The number of rotatable bonds is 4. The summed E-state index contributed by atoms with van der Waals surface area (Å²) in [4.78, 5) is 0. The molecule has 0 saturated carbocycles. The summed E-state index contributed by atoms with van der Waals surface area (Å²) in [5.41, 5.74) is 2.95. The van der Waals surface area contributed by atoms with E-state index in [9.17, 15) is 0 Å². The average Bonchev–Trinajstić information content (AvgIpc) is 2.60. The normalized spacial score (nSPS) is 15.8. The first-order chi connectivity index (χ1) is 11.6. The highest BCUT2D eigenvalue weighted by molar-refractivity contribution is 6.61. The highest BCUT2D eigenvalue weighted by Crippen LogP contribution is 2.34. The maximum absolute atomic E-state index is 6.10. The van der Waals surface area contributed by atoms with Gasteiger partial charge < -0.3 is 9.31 Å². The van der Waals surface area contributed by atoms with E-state index >= 15 is 0 Å². The van der Waals surface area contributed by atoms with Gasteiger partial charge in [-0.1, -0.05) is 72.4 Å². The molecular formula is C18H18BCl3O2. The number of hydrogen-bond donors (Lipinski definition) is 0. The van der Waals surface area contributed by atoms with Crippen LogP contribution in [0.5, 0.6) is 0 Å². The van der Waals surface area contributed by atoms with Crippen molar-refractivity contribution >= 4 is 47.4 Å². The maximum atomic E-state index is 6.10. The summed E-state index contributed by atoms with van der Waals surface area (Å²) < 4.78 is 11.7. The summed E-state index contributed by atoms with van der Waals surface area (Å²) in [6.45, 7) is 3.69. The fourth-order valence-corrected chi connectivity index (χ4v) is 3.46. The van der Waals surface area contributed by atoms with Gasteiger partial charge in [-0.2, -0.15) is 0 Å². The van der Waals surface area contributed by atoms with Crippen LogP contribution in [0.1, 0.15) is 19.8 Å². The second-order valence-corrected chi connectivity index (χ2v) is 7.22. The van der Waals surface area contributed by atoms with Crippen LogP contribution in [-0.4, -0.2) is 20.3 Å². The van der Waals surface area contributed by atoms with Gasteiger partial charge in [0.15, 0.2) is 0 Å². The lowest BCUT2D eigenvalue weighted by atomic mass is 9.77. The molecule has 126 valence electrons. The van der Waals surface area contributed by atoms with E-state index in [2.05, 4.69) is 6.92 Å². The van der Waals surface area contributed by atoms with Crippen LogP contribution < -0.4 is 5.46 Å². The standard InChI is InChI=1S/C18H18BCl3O2/c1-2-3-12-10-23-19(24-11-12)15-6-4-13(5-7-15)14-8-16(20)18(22)17(21)9-14/h4-9,12H,2-3,10-11H2,1H3. The Kier molecular flexibility index (Phi) is 6.12. The van der Waals surface area contributed by atoms with Crippen LogP contribution in [0.4, 0.5) is 0 Å². The molecule has 1 aliphatic heterocycles. The molecule has 24 heavy (non-hydrogen) atoms. The molecule has 1 saturated heterocycles. The van der Waals surface area contributed by atoms with Gasteiger partial charge in [0.25, 0.3) is 0 Å². The zero-order valence-corrected chi connectivity index (χ0v) is 15.7. The van der Waals surface area contributed by atoms with Crippen LogP contribution >= 0.6 is 34.8 Å². The van der Waals surface area contributed by atoms with Crippen molar-refractivity contribution in [3.05, 3.63) is 51.5 Å². The van der Waals surface area contributed by atoms with Crippen LogP contribution in [-0.2, 0) is 9.31 Å². The highest BCUT2D eigenvalue weighted by Gasteiger charge is 2.28. The SMILES string of the molecule is CCCC1COB(c2ccc(-c3cc(Cl)c(Cl)c(Cl)c3)cc2)OC1. The Labute approximate surface area is 158 Å². The quantitative estimate of drug-likeness (QED) is 0.515. The Bertz CT molecular complexity index is 675. The van der Waals surface area contributed by atoms with E-state index in [1.807, 2.05) is 36.4 Å². The van der Waals surface area contributed by atoms with Crippen LogP contribution in [0.3, 0.4) is 0 Å². The molecule has 0 amide bonds. The van der Waals surface area contributed by atoms with Crippen molar-refractivity contribution in [3.63, 3.8) is 0 Å². The fraction of sp³-hybridized carbons (Fsp3) is 0.333. The largest absolute Gasteiger partial charge is 0.493 e. The minimum atomic E-state index is -0.287. The minimum Gasteiger partial charge on any atom is -0.407 e. The molecule has 0 N–H and O–H groups in total. The van der Waals surface area contributed by atoms with Gasteiger partial charge in [-0.25, -0.2) is 0 Å². The van der Waals surface area contributed by atoms with E-state index in [1.165, 1.54) is 0 Å². The molecule has 0 atom stereocenters. The van der Waals surface area contributed by atoms with Gasteiger partial charge in [0.05, 0.1) is 15.1 Å². The molecule has 2 nitrogen and oxygen atoms in total. The Morgan fingerprint density at radius 2 is 1.54 bits per heavy atom. The van der Waals surface area contributed by atoms with E-state index < -0.39 is 0 Å². The van der Waals surface area contributed by atoms with E-state index in [0.29, 0.717) is 21.0 Å². The monoisotopic (exact) mass is 382 g/mol. The van der Waals surface area contributed by atoms with Crippen molar-refractivity contribution in [2.45, 2.75) is 19.8 Å². The van der Waals surface area contributed by atoms with E-state index in [4.69, 9.17) is 44.1 Å². The topological polar surface area (TPSA) is 18.5 Å². The van der Waals surface area contributed by atoms with Crippen molar-refractivity contribution in [2.24, 2.45) is 5.92 Å². The molecule has 1 heterocycles. The summed E-state index contributed by atoms with van der Waals surface area (Å²) in [5, 5.41) is 1.28. The summed E-state index contributed by atoms with van der Waals surface area (Å²) in [7, 11) is -0.287. The predicted octanol–water partition coefficient (Wildman–Crippen LogP) is 5.47. The van der Waals surface area contributed by atoms with Gasteiger partial charge in [-0.15, -0.1) is 0 Å². The molecular weight excluding hydrogens is 365 g/mol. The molecule has 2 aromatic carbocycles. The molecule has 1 aliphatic rings. The summed E-state index contributed by atoms with van der Waals surface area (Å²) in [5.74, 6) is 0.504. The van der Waals surface area contributed by atoms with Gasteiger partial charge in [0, 0.05) is 19.1 Å².